The van der Waals surface area contributed by atoms with Gasteiger partial charge in [0.05, 0.1) is 5.75 Å². The van der Waals surface area contributed by atoms with Crippen LogP contribution in [0.25, 0.3) is 0 Å². The molecule has 1 aliphatic carbocycles. The maximum atomic E-state index is 11.2. The van der Waals surface area contributed by atoms with Gasteiger partial charge in [-0.3, -0.25) is 0 Å². The average molecular weight is 215 g/mol. The maximum Gasteiger partial charge on any atom is 0.173 e. The van der Waals surface area contributed by atoms with Gasteiger partial charge in [0.1, 0.15) is 0 Å². The van der Waals surface area contributed by atoms with Crippen LogP contribution in [0.1, 0.15) is 32.1 Å². The van der Waals surface area contributed by atoms with Gasteiger partial charge in [-0.05, 0) is 12.8 Å². The molecule has 1 unspecified atom stereocenters. The number of hydrogen-bond acceptors (Lipinski definition) is 3. The first-order valence-electron chi connectivity index (χ1n) is 5.33. The van der Waals surface area contributed by atoms with Crippen LogP contribution in [-0.2, 0) is 9.84 Å². The molecule has 0 spiro atoms. The summed E-state index contributed by atoms with van der Waals surface area (Å²) in [6.45, 7) is 0. The van der Waals surface area contributed by atoms with Gasteiger partial charge in [-0.15, -0.1) is 0 Å². The highest BCUT2D eigenvalue weighted by molar-refractivity contribution is 7.94. The predicted molar refractivity (Wildman–Crippen MR) is 56.7 cm³/mol. The molecule has 1 N–H and O–H groups in total. The van der Waals surface area contributed by atoms with Crippen LogP contribution in [0.4, 0.5) is 0 Å². The third-order valence-corrected chi connectivity index (χ3v) is 4.38. The van der Waals surface area contributed by atoms with Crippen molar-refractivity contribution in [3.8, 4) is 0 Å². The zero-order valence-corrected chi connectivity index (χ0v) is 9.09. The zero-order chi connectivity index (χ0) is 10.0. The quantitative estimate of drug-likeness (QED) is 0.753. The van der Waals surface area contributed by atoms with Crippen LogP contribution >= 0.6 is 0 Å². The molecule has 1 aliphatic heterocycles. The molecular weight excluding hydrogens is 198 g/mol. The van der Waals surface area contributed by atoms with Crippen LogP contribution in [0.15, 0.2) is 11.5 Å². The fraction of sp³-hybridized carbons (Fsp3) is 0.800. The molecule has 0 aromatic heterocycles. The van der Waals surface area contributed by atoms with E-state index < -0.39 is 9.84 Å². The summed E-state index contributed by atoms with van der Waals surface area (Å²) in [5.41, 5.74) is 0. The van der Waals surface area contributed by atoms with Crippen molar-refractivity contribution in [2.75, 3.05) is 5.75 Å². The average Bonchev–Trinajstić information content (AvgIpc) is 2.47. The molecule has 2 rings (SSSR count). The molecule has 2 aliphatic rings. The summed E-state index contributed by atoms with van der Waals surface area (Å²) in [6.07, 6.45) is 8.07. The molecule has 0 saturated heterocycles. The Morgan fingerprint density at radius 2 is 1.86 bits per heavy atom. The summed E-state index contributed by atoms with van der Waals surface area (Å²) >= 11 is 0. The van der Waals surface area contributed by atoms with E-state index >= 15 is 0 Å². The molecule has 0 amide bonds. The Labute approximate surface area is 85.5 Å². The van der Waals surface area contributed by atoms with E-state index in [0.717, 1.165) is 0 Å². The standard InChI is InChI=1S/C10H17NO2S/c12-14(13)7-6-10(8-14)11-9-4-2-1-3-5-9/h6-7,9-11H,1-5,8H2. The lowest BCUT2D eigenvalue weighted by Gasteiger charge is -2.25. The largest absolute Gasteiger partial charge is 0.307 e. The Morgan fingerprint density at radius 3 is 2.43 bits per heavy atom. The van der Waals surface area contributed by atoms with Crippen LogP contribution < -0.4 is 5.32 Å². The molecule has 14 heavy (non-hydrogen) atoms. The first-order valence-corrected chi connectivity index (χ1v) is 7.04. The SMILES string of the molecule is O=S1(=O)C=CC(NC2CCCCC2)C1. The molecule has 1 heterocycles. The monoisotopic (exact) mass is 215 g/mol. The van der Waals surface area contributed by atoms with E-state index in [0.29, 0.717) is 6.04 Å². The summed E-state index contributed by atoms with van der Waals surface area (Å²) in [6, 6.07) is 0.592. The van der Waals surface area contributed by atoms with E-state index in [1.165, 1.54) is 37.5 Å². The van der Waals surface area contributed by atoms with E-state index in [1.807, 2.05) is 0 Å². The first kappa shape index (κ1) is 10.2. The van der Waals surface area contributed by atoms with Gasteiger partial charge in [0, 0.05) is 17.5 Å². The van der Waals surface area contributed by atoms with E-state index in [1.54, 1.807) is 6.08 Å². The normalized spacial score (nSPS) is 32.1. The Bertz CT molecular complexity index is 315. The summed E-state index contributed by atoms with van der Waals surface area (Å²) in [5, 5.41) is 4.75. The lowest BCUT2D eigenvalue weighted by Crippen LogP contribution is -2.39. The van der Waals surface area contributed by atoms with Crippen molar-refractivity contribution in [3.05, 3.63) is 11.5 Å². The molecule has 1 fully saturated rings. The predicted octanol–water partition coefficient (Wildman–Crippen LogP) is 1.22. The van der Waals surface area contributed by atoms with E-state index in [4.69, 9.17) is 0 Å². The van der Waals surface area contributed by atoms with Crippen molar-refractivity contribution >= 4 is 9.84 Å². The van der Waals surface area contributed by atoms with Gasteiger partial charge in [0.25, 0.3) is 0 Å². The second kappa shape index (κ2) is 4.03. The molecule has 0 aromatic rings. The molecule has 3 nitrogen and oxygen atoms in total. The highest BCUT2D eigenvalue weighted by atomic mass is 32.2. The first-order chi connectivity index (χ1) is 6.66. The van der Waals surface area contributed by atoms with Crippen molar-refractivity contribution in [2.24, 2.45) is 0 Å². The van der Waals surface area contributed by atoms with Gasteiger partial charge < -0.3 is 5.32 Å². The fourth-order valence-corrected chi connectivity index (χ4v) is 3.50. The van der Waals surface area contributed by atoms with Crippen molar-refractivity contribution in [2.45, 2.75) is 44.2 Å². The van der Waals surface area contributed by atoms with Crippen LogP contribution in [0.2, 0.25) is 0 Å². The smallest absolute Gasteiger partial charge is 0.173 e. The van der Waals surface area contributed by atoms with Crippen molar-refractivity contribution < 1.29 is 8.42 Å². The van der Waals surface area contributed by atoms with Gasteiger partial charge >= 0.3 is 0 Å². The maximum absolute atomic E-state index is 11.2. The summed E-state index contributed by atoms with van der Waals surface area (Å²) < 4.78 is 22.3. The molecule has 0 bridgehead atoms. The van der Waals surface area contributed by atoms with Gasteiger partial charge in [-0.1, -0.05) is 25.3 Å². The van der Waals surface area contributed by atoms with Crippen molar-refractivity contribution in [1.29, 1.82) is 0 Å². The lowest BCUT2D eigenvalue weighted by molar-refractivity contribution is 0.363. The van der Waals surface area contributed by atoms with Gasteiger partial charge in [-0.25, -0.2) is 8.42 Å². The topological polar surface area (TPSA) is 46.2 Å². The molecule has 1 saturated carbocycles. The Balaban J connectivity index is 1.84. The Morgan fingerprint density at radius 1 is 1.14 bits per heavy atom. The molecule has 0 radical (unpaired) electrons. The number of hydrogen-bond donors (Lipinski definition) is 1. The van der Waals surface area contributed by atoms with Crippen LogP contribution in [0.5, 0.6) is 0 Å². The second-order valence-corrected chi connectivity index (χ2v) is 6.20. The van der Waals surface area contributed by atoms with E-state index in [-0.39, 0.29) is 11.8 Å². The fourth-order valence-electron chi connectivity index (χ4n) is 2.25. The zero-order valence-electron chi connectivity index (χ0n) is 8.28. The van der Waals surface area contributed by atoms with Crippen molar-refractivity contribution in [1.82, 2.24) is 5.32 Å². The van der Waals surface area contributed by atoms with Crippen LogP contribution in [0.3, 0.4) is 0 Å². The summed E-state index contributed by atoms with van der Waals surface area (Å²) in [4.78, 5) is 0. The van der Waals surface area contributed by atoms with Gasteiger partial charge in [-0.2, -0.15) is 0 Å². The molecule has 80 valence electrons. The van der Waals surface area contributed by atoms with Crippen LogP contribution in [0, 0.1) is 0 Å². The lowest BCUT2D eigenvalue weighted by atomic mass is 9.95. The molecule has 4 heteroatoms. The highest BCUT2D eigenvalue weighted by Gasteiger charge is 2.24. The molecule has 1 atom stereocenters. The summed E-state index contributed by atoms with van der Waals surface area (Å²) in [7, 11) is -2.89. The van der Waals surface area contributed by atoms with E-state index in [9.17, 15) is 8.42 Å². The molecule has 0 aromatic carbocycles. The van der Waals surface area contributed by atoms with Gasteiger partial charge in [0.15, 0.2) is 9.84 Å². The second-order valence-electron chi connectivity index (χ2n) is 4.27. The third-order valence-electron chi connectivity index (χ3n) is 2.99. The van der Waals surface area contributed by atoms with Gasteiger partial charge in [0.2, 0.25) is 0 Å². The Kier molecular flexibility index (Phi) is 2.93. The minimum absolute atomic E-state index is 0.0584. The van der Waals surface area contributed by atoms with Crippen LogP contribution in [-0.4, -0.2) is 26.3 Å². The van der Waals surface area contributed by atoms with E-state index in [2.05, 4.69) is 5.32 Å². The van der Waals surface area contributed by atoms with Crippen molar-refractivity contribution in [3.63, 3.8) is 0 Å². The number of rotatable bonds is 2. The minimum Gasteiger partial charge on any atom is -0.307 e. The number of nitrogens with one attached hydrogen (secondary N) is 1. The number of sulfone groups is 1. The minimum atomic E-state index is -2.89. The molecular formula is C10H17NO2S. The third kappa shape index (κ3) is 2.58. The Hall–Kier alpha value is -0.350. The highest BCUT2D eigenvalue weighted by Crippen LogP contribution is 2.19. The summed E-state index contributed by atoms with van der Waals surface area (Å²) in [5.74, 6) is 0.253.